The molecule has 0 aliphatic carbocycles. The van der Waals surface area contributed by atoms with Gasteiger partial charge in [-0.1, -0.05) is 0 Å². The Morgan fingerprint density at radius 1 is 1.00 bits per heavy atom. The molecule has 0 bridgehead atoms. The molecule has 6 heavy (non-hydrogen) atoms. The van der Waals surface area contributed by atoms with Crippen molar-refractivity contribution in [3.8, 4) is 0 Å². The normalized spacial score (nSPS) is 4.50. The van der Waals surface area contributed by atoms with Gasteiger partial charge in [0.05, 0.1) is 0 Å². The Balaban J connectivity index is -0.0000000450. The molecule has 6 heteroatoms. The predicted molar refractivity (Wildman–Crippen MR) is 17.4 cm³/mol. The molecule has 4 nitrogen and oxygen atoms in total. The van der Waals surface area contributed by atoms with E-state index in [-0.39, 0.29) is 32.4 Å². The van der Waals surface area contributed by atoms with Crippen LogP contribution in [0.5, 0.6) is 0 Å². The third-order valence-corrected chi connectivity index (χ3v) is 0. The minimum Gasteiger partial charge on any atom is -0.402 e. The first-order valence-electron chi connectivity index (χ1n) is 0.775. The Labute approximate surface area is 55.1 Å². The number of hydrogen-bond acceptors (Lipinski definition) is 4. The van der Waals surface area contributed by atoms with Crippen LogP contribution in [0.3, 0.4) is 0 Å². The van der Waals surface area contributed by atoms with Crippen LogP contribution < -0.4 is 6.15 Å². The van der Waals surface area contributed by atoms with E-state index in [2.05, 4.69) is 0 Å². The van der Waals surface area contributed by atoms with E-state index in [0.29, 0.717) is 0 Å². The van der Waals surface area contributed by atoms with E-state index in [1.54, 1.807) is 0 Å². The average Bonchev–Trinajstić information content (AvgIpc) is 0.811. The maximum atomic E-state index is 7.17. The third kappa shape index (κ3) is 111. The van der Waals surface area contributed by atoms with Crippen LogP contribution >= 0.6 is 0 Å². The summed E-state index contributed by atoms with van der Waals surface area (Å²) < 4.78 is 0. The molecule has 0 saturated carbocycles. The molecule has 0 unspecified atom stereocenters. The maximum Gasteiger partial charge on any atom is 0.631 e. The molecule has 0 radical (unpaired) electrons. The second-order valence-corrected chi connectivity index (χ2v) is 0.346. The average molecular weight is 170 g/mol. The summed E-state index contributed by atoms with van der Waals surface area (Å²) in [5.41, 5.74) is 0. The summed E-state index contributed by atoms with van der Waals surface area (Å²) in [7, 11) is -2.17. The summed E-state index contributed by atoms with van der Waals surface area (Å²) in [6.07, 6.45) is 0. The van der Waals surface area contributed by atoms with Crippen LogP contribution in [0.4, 0.5) is 0 Å². The van der Waals surface area contributed by atoms with Crippen molar-refractivity contribution in [2.45, 2.75) is 0 Å². The van der Waals surface area contributed by atoms with E-state index in [1.165, 1.54) is 0 Å². The van der Waals surface area contributed by atoms with Crippen LogP contribution in [0.1, 0.15) is 0 Å². The zero-order valence-corrected chi connectivity index (χ0v) is 5.58. The van der Waals surface area contributed by atoms with Crippen molar-refractivity contribution in [2.75, 3.05) is 0 Å². The third-order valence-electron chi connectivity index (χ3n) is 0. The van der Waals surface area contributed by atoms with Crippen LogP contribution in [-0.2, 0) is 26.2 Å². The fourth-order valence-electron chi connectivity index (χ4n) is 0. The van der Waals surface area contributed by atoms with Crippen molar-refractivity contribution in [2.24, 2.45) is 0 Å². The van der Waals surface area contributed by atoms with E-state index in [1.807, 2.05) is 0 Å². The van der Waals surface area contributed by atoms with Gasteiger partial charge in [-0.05, 0) is 0 Å². The van der Waals surface area contributed by atoms with E-state index in [4.69, 9.17) is 15.1 Å². The van der Waals surface area contributed by atoms with Crippen LogP contribution in [0, 0.1) is 0 Å². The topological polar surface area (TPSA) is 95.7 Å². The van der Waals surface area contributed by atoms with Gasteiger partial charge in [0.2, 0.25) is 0 Å². The molecule has 0 aromatic heterocycles. The first-order chi connectivity index (χ1) is 1.73. The molecule has 0 amide bonds. The fraction of sp³-hybridized carbons (Fsp3) is 0. The monoisotopic (exact) mass is 169 g/mol. The molecular weight excluding hydrogens is 164 g/mol. The summed E-state index contributed by atoms with van der Waals surface area (Å²) in [6.45, 7) is 0. The minimum absolute atomic E-state index is 0. The molecule has 0 saturated heterocycles. The Kier molecular flexibility index (Phi) is 24.4. The zero-order valence-electron chi connectivity index (χ0n) is 3.13. The fourth-order valence-corrected chi connectivity index (χ4v) is 0. The van der Waals surface area contributed by atoms with Crippen molar-refractivity contribution in [3.05, 3.63) is 0 Å². The summed E-state index contributed by atoms with van der Waals surface area (Å²) in [5.74, 6) is 0. The van der Waals surface area contributed by atoms with Gasteiger partial charge >= 0.3 is 7.32 Å². The van der Waals surface area contributed by atoms with Crippen molar-refractivity contribution in [3.63, 3.8) is 0 Å². The maximum absolute atomic E-state index is 7.17. The summed E-state index contributed by atoms with van der Waals surface area (Å²) >= 11 is 0. The molecule has 0 aromatic rings. The van der Waals surface area contributed by atoms with Crippen LogP contribution in [0.25, 0.3) is 0 Å². The quantitative estimate of drug-likeness (QED) is 0.319. The van der Waals surface area contributed by atoms with Gasteiger partial charge in [0, 0.05) is 26.2 Å². The standard InChI is InChI=1S/BH3O3.H3N.Zr/c2-1(3)4;;/h2-4H;1H3;. The largest absolute Gasteiger partial charge is 0.631 e. The van der Waals surface area contributed by atoms with Crippen LogP contribution in [-0.4, -0.2) is 22.4 Å². The van der Waals surface area contributed by atoms with E-state index < -0.39 is 7.32 Å². The molecule has 36 valence electrons. The first kappa shape index (κ1) is 15.8. The number of hydrogen-bond donors (Lipinski definition) is 4. The molecule has 0 aliphatic rings. The minimum atomic E-state index is -2.17. The predicted octanol–water partition coefficient (Wildman–Crippen LogP) is -1.89. The molecule has 6 N–H and O–H groups in total. The van der Waals surface area contributed by atoms with Gasteiger partial charge in [-0.25, -0.2) is 0 Å². The Morgan fingerprint density at radius 2 is 1.00 bits per heavy atom. The first-order valence-corrected chi connectivity index (χ1v) is 0.775. The van der Waals surface area contributed by atoms with E-state index in [9.17, 15) is 0 Å². The SMILES string of the molecule is N.OB(O)O.[Zr]. The molecule has 0 heterocycles. The van der Waals surface area contributed by atoms with Crippen molar-refractivity contribution in [1.82, 2.24) is 6.15 Å². The molecule has 0 fully saturated rings. The molecular formula is H6BNO3Zr. The van der Waals surface area contributed by atoms with Gasteiger partial charge in [0.15, 0.2) is 0 Å². The molecule has 0 spiro atoms. The summed E-state index contributed by atoms with van der Waals surface area (Å²) in [4.78, 5) is 0. The van der Waals surface area contributed by atoms with E-state index in [0.717, 1.165) is 0 Å². The Morgan fingerprint density at radius 3 is 1.00 bits per heavy atom. The zero-order chi connectivity index (χ0) is 3.58. The van der Waals surface area contributed by atoms with Crippen molar-refractivity contribution >= 4 is 7.32 Å². The van der Waals surface area contributed by atoms with Gasteiger partial charge in [-0.3, -0.25) is 0 Å². The van der Waals surface area contributed by atoms with Crippen molar-refractivity contribution in [1.29, 1.82) is 0 Å². The van der Waals surface area contributed by atoms with Gasteiger partial charge in [0.25, 0.3) is 0 Å². The Hall–Kier alpha value is 0.788. The molecule has 0 aliphatic heterocycles. The van der Waals surface area contributed by atoms with Gasteiger partial charge < -0.3 is 21.2 Å². The van der Waals surface area contributed by atoms with Crippen molar-refractivity contribution < 1.29 is 41.3 Å². The molecule has 0 rings (SSSR count). The van der Waals surface area contributed by atoms with Gasteiger partial charge in [-0.15, -0.1) is 0 Å². The smallest absolute Gasteiger partial charge is 0.402 e. The van der Waals surface area contributed by atoms with E-state index >= 15 is 0 Å². The second kappa shape index (κ2) is 9.25. The second-order valence-electron chi connectivity index (χ2n) is 0.346. The molecule has 0 aromatic carbocycles. The van der Waals surface area contributed by atoms with Gasteiger partial charge in [0.1, 0.15) is 0 Å². The summed E-state index contributed by atoms with van der Waals surface area (Å²) in [6, 6.07) is 0. The Bertz CT molecular complexity index is 15.5. The molecule has 0 atom stereocenters. The van der Waals surface area contributed by atoms with Crippen LogP contribution in [0.2, 0.25) is 0 Å². The number of rotatable bonds is 0. The summed E-state index contributed by atoms with van der Waals surface area (Å²) in [5, 5.41) is 21.5. The van der Waals surface area contributed by atoms with Crippen LogP contribution in [0.15, 0.2) is 0 Å². The van der Waals surface area contributed by atoms with Gasteiger partial charge in [-0.2, -0.15) is 0 Å².